The number of rotatable bonds is 5. The topological polar surface area (TPSA) is 66.5 Å². The van der Waals surface area contributed by atoms with Crippen molar-refractivity contribution < 1.29 is 13.2 Å². The van der Waals surface area contributed by atoms with Crippen molar-refractivity contribution in [3.8, 4) is 0 Å². The lowest BCUT2D eigenvalue weighted by atomic mass is 9.95. The number of hydrogen-bond acceptors (Lipinski definition) is 3. The van der Waals surface area contributed by atoms with Gasteiger partial charge in [0.15, 0.2) is 0 Å². The number of sulfonamides is 1. The fourth-order valence-corrected chi connectivity index (χ4v) is 5.61. The summed E-state index contributed by atoms with van der Waals surface area (Å²) in [5.74, 6) is -0.0951. The number of carbonyl (C=O) groups excluding carboxylic acids is 1. The number of nitrogens with one attached hydrogen (secondary N) is 1. The van der Waals surface area contributed by atoms with E-state index in [-0.39, 0.29) is 16.8 Å². The predicted octanol–water partition coefficient (Wildman–Crippen LogP) is 3.90. The van der Waals surface area contributed by atoms with Crippen molar-refractivity contribution >= 4 is 27.7 Å². The van der Waals surface area contributed by atoms with Gasteiger partial charge in [-0.15, -0.1) is 0 Å². The molecule has 1 saturated carbocycles. The molecule has 1 aliphatic carbocycles. The van der Waals surface area contributed by atoms with E-state index in [1.54, 1.807) is 30.3 Å². The van der Waals surface area contributed by atoms with Crippen LogP contribution in [0.3, 0.4) is 0 Å². The number of amides is 1. The Kier molecular flexibility index (Phi) is 5.72. The molecule has 1 aliphatic heterocycles. The highest BCUT2D eigenvalue weighted by molar-refractivity contribution is 7.92. The highest BCUT2D eigenvalue weighted by Gasteiger charge is 2.30. The van der Waals surface area contributed by atoms with Gasteiger partial charge in [-0.1, -0.05) is 49.6 Å². The first-order chi connectivity index (χ1) is 14.0. The molecule has 2 aromatic carbocycles. The number of carbonyl (C=O) groups is 1. The van der Waals surface area contributed by atoms with Gasteiger partial charge in [-0.05, 0) is 54.7 Å². The van der Waals surface area contributed by atoms with Crippen molar-refractivity contribution in [2.75, 3.05) is 10.8 Å². The molecule has 0 atom stereocenters. The van der Waals surface area contributed by atoms with Gasteiger partial charge in [0.1, 0.15) is 0 Å². The summed E-state index contributed by atoms with van der Waals surface area (Å²) in [6.07, 6.45) is 9.66. The lowest BCUT2D eigenvalue weighted by molar-refractivity contribution is -0.117. The Bertz CT molecular complexity index is 1010. The highest BCUT2D eigenvalue weighted by Crippen LogP contribution is 2.32. The summed E-state index contributed by atoms with van der Waals surface area (Å²) >= 11 is 0. The molecule has 0 saturated heterocycles. The van der Waals surface area contributed by atoms with Crippen LogP contribution in [-0.2, 0) is 21.2 Å². The third-order valence-electron chi connectivity index (χ3n) is 5.69. The summed E-state index contributed by atoms with van der Waals surface area (Å²) in [5.41, 5.74) is 2.61. The molecule has 1 fully saturated rings. The minimum absolute atomic E-state index is 0.0951. The van der Waals surface area contributed by atoms with Gasteiger partial charge in [0.25, 0.3) is 10.0 Å². The molecule has 152 valence electrons. The Hall–Kier alpha value is -2.60. The van der Waals surface area contributed by atoms with Crippen LogP contribution < -0.4 is 9.62 Å². The average molecular weight is 411 g/mol. The lowest BCUT2D eigenvalue weighted by Gasteiger charge is -2.21. The van der Waals surface area contributed by atoms with Gasteiger partial charge in [-0.2, -0.15) is 0 Å². The lowest BCUT2D eigenvalue weighted by Crippen LogP contribution is -2.34. The molecule has 1 N–H and O–H groups in total. The van der Waals surface area contributed by atoms with Crippen LogP contribution in [-0.4, -0.2) is 26.9 Å². The smallest absolute Gasteiger partial charge is 0.264 e. The number of anilines is 1. The zero-order valence-electron chi connectivity index (χ0n) is 16.4. The molecular formula is C23H26N2O3S. The molecule has 4 rings (SSSR count). The highest BCUT2D eigenvalue weighted by atomic mass is 32.2. The van der Waals surface area contributed by atoms with E-state index < -0.39 is 10.0 Å². The first-order valence-corrected chi connectivity index (χ1v) is 11.7. The SMILES string of the molecule is O=C(C=Cc1ccc(S(=O)(=O)N2CCc3ccccc32)cc1)NC1CCCCC1. The van der Waals surface area contributed by atoms with Crippen molar-refractivity contribution in [3.05, 3.63) is 65.7 Å². The number of para-hydroxylation sites is 1. The molecule has 1 amide bonds. The van der Waals surface area contributed by atoms with Crippen LogP contribution in [0.25, 0.3) is 6.08 Å². The summed E-state index contributed by atoms with van der Waals surface area (Å²) in [4.78, 5) is 12.4. The number of fused-ring (bicyclic) bond motifs is 1. The minimum atomic E-state index is -3.59. The number of benzene rings is 2. The summed E-state index contributed by atoms with van der Waals surface area (Å²) < 4.78 is 27.6. The zero-order valence-corrected chi connectivity index (χ0v) is 17.2. The minimum Gasteiger partial charge on any atom is -0.350 e. The summed E-state index contributed by atoms with van der Waals surface area (Å²) in [5, 5.41) is 3.04. The van der Waals surface area contributed by atoms with Crippen LogP contribution in [0.2, 0.25) is 0 Å². The van der Waals surface area contributed by atoms with Gasteiger partial charge in [0.2, 0.25) is 5.91 Å². The molecule has 0 radical (unpaired) electrons. The Morgan fingerprint density at radius 3 is 2.48 bits per heavy atom. The van der Waals surface area contributed by atoms with Crippen LogP contribution in [0.1, 0.15) is 43.2 Å². The summed E-state index contributed by atoms with van der Waals surface area (Å²) in [6.45, 7) is 0.463. The molecule has 2 aromatic rings. The molecule has 2 aliphatic rings. The van der Waals surface area contributed by atoms with Crippen LogP contribution in [0.4, 0.5) is 5.69 Å². The molecule has 0 bridgehead atoms. The maximum Gasteiger partial charge on any atom is 0.264 e. The van der Waals surface area contributed by atoms with Crippen molar-refractivity contribution in [2.45, 2.75) is 49.5 Å². The van der Waals surface area contributed by atoms with Crippen LogP contribution >= 0.6 is 0 Å². The molecule has 0 aromatic heterocycles. The molecule has 1 heterocycles. The van der Waals surface area contributed by atoms with Crippen molar-refractivity contribution in [3.63, 3.8) is 0 Å². The fourth-order valence-electron chi connectivity index (χ4n) is 4.10. The Labute approximate surface area is 172 Å². The van der Waals surface area contributed by atoms with E-state index >= 15 is 0 Å². The quantitative estimate of drug-likeness (QED) is 0.760. The predicted molar refractivity (Wildman–Crippen MR) is 115 cm³/mol. The Morgan fingerprint density at radius 2 is 1.72 bits per heavy atom. The first kappa shape index (κ1) is 19.7. The second-order valence-electron chi connectivity index (χ2n) is 7.70. The van der Waals surface area contributed by atoms with Gasteiger partial charge in [0, 0.05) is 18.7 Å². The van der Waals surface area contributed by atoms with Crippen LogP contribution in [0.5, 0.6) is 0 Å². The van der Waals surface area contributed by atoms with E-state index in [0.29, 0.717) is 6.54 Å². The van der Waals surface area contributed by atoms with Crippen LogP contribution in [0, 0.1) is 0 Å². The number of nitrogens with zero attached hydrogens (tertiary/aromatic N) is 1. The van der Waals surface area contributed by atoms with E-state index in [2.05, 4.69) is 5.32 Å². The van der Waals surface area contributed by atoms with Crippen molar-refractivity contribution in [2.24, 2.45) is 0 Å². The Balaban J connectivity index is 1.43. The summed E-state index contributed by atoms with van der Waals surface area (Å²) in [7, 11) is -3.59. The zero-order chi connectivity index (χ0) is 20.3. The second kappa shape index (κ2) is 8.41. The van der Waals surface area contributed by atoms with Crippen LogP contribution in [0.15, 0.2) is 59.5 Å². The van der Waals surface area contributed by atoms with Crippen molar-refractivity contribution in [1.29, 1.82) is 0 Å². The molecule has 6 heteroatoms. The molecule has 5 nitrogen and oxygen atoms in total. The van der Waals surface area contributed by atoms with Gasteiger partial charge in [-0.25, -0.2) is 8.42 Å². The third kappa shape index (κ3) is 4.37. The Morgan fingerprint density at radius 1 is 1.00 bits per heavy atom. The van der Waals surface area contributed by atoms with E-state index in [4.69, 9.17) is 0 Å². The van der Waals surface area contributed by atoms with E-state index in [1.807, 2.05) is 24.3 Å². The first-order valence-electron chi connectivity index (χ1n) is 10.2. The van der Waals surface area contributed by atoms with E-state index in [0.717, 1.165) is 36.1 Å². The number of hydrogen-bond donors (Lipinski definition) is 1. The van der Waals surface area contributed by atoms with Gasteiger partial charge in [-0.3, -0.25) is 9.10 Å². The standard InChI is InChI=1S/C23H26N2O3S/c26-23(24-20-7-2-1-3-8-20)15-12-18-10-13-21(14-11-18)29(27,28)25-17-16-19-6-4-5-9-22(19)25/h4-6,9-15,20H,1-3,7-8,16-17H2,(H,24,26). The van der Waals surface area contributed by atoms with Gasteiger partial charge >= 0.3 is 0 Å². The second-order valence-corrected chi connectivity index (χ2v) is 9.56. The maximum atomic E-state index is 13.0. The molecule has 0 spiro atoms. The van der Waals surface area contributed by atoms with Gasteiger partial charge < -0.3 is 5.32 Å². The monoisotopic (exact) mass is 410 g/mol. The largest absolute Gasteiger partial charge is 0.350 e. The third-order valence-corrected chi connectivity index (χ3v) is 7.52. The van der Waals surface area contributed by atoms with Gasteiger partial charge in [0.05, 0.1) is 10.6 Å². The molecule has 0 unspecified atom stereocenters. The average Bonchev–Trinajstić information content (AvgIpc) is 3.18. The van der Waals surface area contributed by atoms with E-state index in [9.17, 15) is 13.2 Å². The maximum absolute atomic E-state index is 13.0. The fraction of sp³-hybridized carbons (Fsp3) is 0.348. The molecule has 29 heavy (non-hydrogen) atoms. The normalized spacial score (nSPS) is 17.4. The summed E-state index contributed by atoms with van der Waals surface area (Å²) in [6, 6.07) is 14.6. The van der Waals surface area contributed by atoms with Crippen molar-refractivity contribution in [1.82, 2.24) is 5.32 Å². The van der Waals surface area contributed by atoms with E-state index in [1.165, 1.54) is 29.6 Å². The molecular weight excluding hydrogens is 384 g/mol.